The Labute approximate surface area is 142 Å². The van der Waals surface area contributed by atoms with E-state index in [0.717, 1.165) is 37.6 Å². The largest absolute Gasteiger partial charge is 0.371 e. The van der Waals surface area contributed by atoms with E-state index in [1.54, 1.807) is 6.07 Å². The van der Waals surface area contributed by atoms with Gasteiger partial charge in [-0.15, -0.1) is 6.42 Å². The van der Waals surface area contributed by atoms with Crippen molar-refractivity contribution in [3.05, 3.63) is 64.7 Å². The third kappa shape index (κ3) is 3.59. The first-order chi connectivity index (χ1) is 11.6. The van der Waals surface area contributed by atoms with Gasteiger partial charge in [-0.25, -0.2) is 8.78 Å². The summed E-state index contributed by atoms with van der Waals surface area (Å²) >= 11 is 0. The maximum Gasteiger partial charge on any atom is 0.129 e. The highest BCUT2D eigenvalue weighted by atomic mass is 19.1. The lowest BCUT2D eigenvalue weighted by molar-refractivity contribution is 0.397. The van der Waals surface area contributed by atoms with E-state index in [0.29, 0.717) is 17.9 Å². The molecule has 0 unspecified atom stereocenters. The molecule has 124 valence electrons. The Bertz CT molecular complexity index is 768. The molecule has 0 aromatic heterocycles. The van der Waals surface area contributed by atoms with Gasteiger partial charge in [0.1, 0.15) is 11.6 Å². The molecule has 1 saturated heterocycles. The Morgan fingerprint density at radius 2 is 1.88 bits per heavy atom. The highest BCUT2D eigenvalue weighted by Crippen LogP contribution is 2.29. The number of hydrogen-bond donors (Lipinski definition) is 0. The van der Waals surface area contributed by atoms with Crippen LogP contribution in [-0.2, 0) is 6.42 Å². The molecule has 3 heteroatoms. The van der Waals surface area contributed by atoms with Crippen LogP contribution in [0.1, 0.15) is 29.5 Å². The van der Waals surface area contributed by atoms with Gasteiger partial charge >= 0.3 is 0 Å². The molecule has 3 rings (SSSR count). The molecule has 1 heterocycles. The van der Waals surface area contributed by atoms with Crippen LogP contribution < -0.4 is 4.90 Å². The van der Waals surface area contributed by atoms with Crippen LogP contribution in [0, 0.1) is 36.8 Å². The lowest BCUT2D eigenvalue weighted by Gasteiger charge is -2.34. The summed E-state index contributed by atoms with van der Waals surface area (Å²) in [6.45, 7) is 3.98. The second-order valence-corrected chi connectivity index (χ2v) is 6.52. The average molecular weight is 325 g/mol. The van der Waals surface area contributed by atoms with Crippen molar-refractivity contribution in [2.45, 2.75) is 26.2 Å². The molecule has 0 N–H and O–H groups in total. The van der Waals surface area contributed by atoms with E-state index in [1.807, 2.05) is 12.1 Å². The van der Waals surface area contributed by atoms with Crippen LogP contribution in [0.5, 0.6) is 0 Å². The van der Waals surface area contributed by atoms with Gasteiger partial charge in [-0.3, -0.25) is 0 Å². The van der Waals surface area contributed by atoms with E-state index >= 15 is 0 Å². The third-order valence-electron chi connectivity index (χ3n) is 4.84. The van der Waals surface area contributed by atoms with Gasteiger partial charge in [0.05, 0.1) is 0 Å². The zero-order valence-electron chi connectivity index (χ0n) is 13.9. The Morgan fingerprint density at radius 3 is 2.50 bits per heavy atom. The molecule has 1 fully saturated rings. The van der Waals surface area contributed by atoms with Crippen molar-refractivity contribution in [1.82, 2.24) is 0 Å². The minimum Gasteiger partial charge on any atom is -0.371 e. The van der Waals surface area contributed by atoms with Gasteiger partial charge in [-0.05, 0) is 67.5 Å². The number of rotatable bonds is 3. The number of benzene rings is 2. The van der Waals surface area contributed by atoms with Crippen LogP contribution in [0.2, 0.25) is 0 Å². The zero-order valence-corrected chi connectivity index (χ0v) is 13.9. The van der Waals surface area contributed by atoms with Crippen LogP contribution in [0.25, 0.3) is 0 Å². The fourth-order valence-electron chi connectivity index (χ4n) is 3.48. The Hall–Kier alpha value is -2.34. The fourth-order valence-corrected chi connectivity index (χ4v) is 3.48. The first kappa shape index (κ1) is 16.5. The first-order valence-corrected chi connectivity index (χ1v) is 8.33. The predicted octanol–water partition coefficient (Wildman–Crippen LogP) is 4.71. The number of hydrogen-bond acceptors (Lipinski definition) is 1. The SMILES string of the molecule is C#Cc1ccc(N2CCC(Cc3ccc(F)cc3F)CC2)c(C)c1. The molecule has 2 aromatic carbocycles. The topological polar surface area (TPSA) is 3.24 Å². The van der Waals surface area contributed by atoms with Crippen LogP contribution >= 0.6 is 0 Å². The molecule has 0 spiro atoms. The van der Waals surface area contributed by atoms with Gasteiger partial charge < -0.3 is 4.90 Å². The number of terminal acetylenes is 1. The van der Waals surface area contributed by atoms with Crippen molar-refractivity contribution < 1.29 is 8.78 Å². The van der Waals surface area contributed by atoms with E-state index in [4.69, 9.17) is 6.42 Å². The van der Waals surface area contributed by atoms with Gasteiger partial charge in [-0.2, -0.15) is 0 Å². The number of anilines is 1. The first-order valence-electron chi connectivity index (χ1n) is 8.33. The fraction of sp³-hybridized carbons (Fsp3) is 0.333. The van der Waals surface area contributed by atoms with Crippen molar-refractivity contribution in [3.8, 4) is 12.3 Å². The monoisotopic (exact) mass is 325 g/mol. The molecule has 1 nitrogen and oxygen atoms in total. The quantitative estimate of drug-likeness (QED) is 0.739. The van der Waals surface area contributed by atoms with E-state index in [2.05, 4.69) is 23.8 Å². The minimum absolute atomic E-state index is 0.432. The predicted molar refractivity (Wildman–Crippen MR) is 94.1 cm³/mol. The van der Waals surface area contributed by atoms with Gasteiger partial charge in [0.2, 0.25) is 0 Å². The Balaban J connectivity index is 1.62. The van der Waals surface area contributed by atoms with E-state index in [1.165, 1.54) is 17.3 Å². The summed E-state index contributed by atoms with van der Waals surface area (Å²) in [6, 6.07) is 9.98. The number of piperidine rings is 1. The molecule has 1 aliphatic heterocycles. The summed E-state index contributed by atoms with van der Waals surface area (Å²) in [5.74, 6) is 2.15. The lowest BCUT2D eigenvalue weighted by Crippen LogP contribution is -2.34. The van der Waals surface area contributed by atoms with Crippen molar-refractivity contribution >= 4 is 5.69 Å². The molecule has 0 saturated carbocycles. The second kappa shape index (κ2) is 7.05. The minimum atomic E-state index is -0.517. The summed E-state index contributed by atoms with van der Waals surface area (Å²) in [4.78, 5) is 2.37. The van der Waals surface area contributed by atoms with Gasteiger partial charge in [-0.1, -0.05) is 12.0 Å². The molecule has 0 atom stereocenters. The van der Waals surface area contributed by atoms with Crippen LogP contribution in [0.4, 0.5) is 14.5 Å². The maximum absolute atomic E-state index is 13.8. The summed E-state index contributed by atoms with van der Waals surface area (Å²) in [6.07, 6.45) is 8.13. The summed E-state index contributed by atoms with van der Waals surface area (Å²) < 4.78 is 26.8. The number of nitrogens with zero attached hydrogens (tertiary/aromatic N) is 1. The molecule has 1 aliphatic rings. The third-order valence-corrected chi connectivity index (χ3v) is 4.84. The van der Waals surface area contributed by atoms with E-state index in [9.17, 15) is 8.78 Å². The Kier molecular flexibility index (Phi) is 4.85. The van der Waals surface area contributed by atoms with E-state index in [-0.39, 0.29) is 0 Å². The maximum atomic E-state index is 13.8. The van der Waals surface area contributed by atoms with Crippen molar-refractivity contribution in [2.24, 2.45) is 5.92 Å². The molecular formula is C21H21F2N. The van der Waals surface area contributed by atoms with Crippen LogP contribution in [0.15, 0.2) is 36.4 Å². The molecule has 0 bridgehead atoms. The molecule has 2 aromatic rings. The van der Waals surface area contributed by atoms with Gasteiger partial charge in [0.25, 0.3) is 0 Å². The number of aryl methyl sites for hydroxylation is 1. The highest BCUT2D eigenvalue weighted by Gasteiger charge is 2.21. The summed E-state index contributed by atoms with van der Waals surface area (Å²) in [5, 5.41) is 0. The number of halogens is 2. The van der Waals surface area contributed by atoms with Crippen LogP contribution in [-0.4, -0.2) is 13.1 Å². The normalized spacial score (nSPS) is 15.3. The average Bonchev–Trinajstić information content (AvgIpc) is 2.58. The molecule has 0 radical (unpaired) electrons. The molecule has 24 heavy (non-hydrogen) atoms. The molecular weight excluding hydrogens is 304 g/mol. The summed E-state index contributed by atoms with van der Waals surface area (Å²) in [5.41, 5.74) is 3.93. The van der Waals surface area contributed by atoms with Crippen molar-refractivity contribution in [2.75, 3.05) is 18.0 Å². The van der Waals surface area contributed by atoms with Gasteiger partial charge in [0, 0.05) is 30.4 Å². The van der Waals surface area contributed by atoms with Crippen LogP contribution in [0.3, 0.4) is 0 Å². The zero-order chi connectivity index (χ0) is 17.1. The Morgan fingerprint density at radius 1 is 1.12 bits per heavy atom. The highest BCUT2D eigenvalue weighted by molar-refractivity contribution is 5.56. The lowest BCUT2D eigenvalue weighted by atomic mass is 9.89. The summed E-state index contributed by atoms with van der Waals surface area (Å²) in [7, 11) is 0. The second-order valence-electron chi connectivity index (χ2n) is 6.52. The smallest absolute Gasteiger partial charge is 0.129 e. The van der Waals surface area contributed by atoms with Crippen molar-refractivity contribution in [3.63, 3.8) is 0 Å². The van der Waals surface area contributed by atoms with Crippen molar-refractivity contribution in [1.29, 1.82) is 0 Å². The standard InChI is InChI=1S/C21H21F2N/c1-3-16-4-7-21(15(2)12-16)24-10-8-17(9-11-24)13-18-5-6-19(22)14-20(18)23/h1,4-7,12,14,17H,8-11,13H2,2H3. The molecule has 0 aliphatic carbocycles. The molecule has 0 amide bonds. The van der Waals surface area contributed by atoms with E-state index < -0.39 is 11.6 Å². The van der Waals surface area contributed by atoms with Gasteiger partial charge in [0.15, 0.2) is 0 Å².